The second-order valence-corrected chi connectivity index (χ2v) is 11.6. The maximum Gasteiger partial charge on any atom is 0.232 e. The third kappa shape index (κ3) is 3.85. The van der Waals surface area contributed by atoms with Crippen LogP contribution in [0.1, 0.15) is 76.7 Å². The molecule has 3 aromatic rings. The lowest BCUT2D eigenvalue weighted by molar-refractivity contribution is -0.0480. The van der Waals surface area contributed by atoms with Gasteiger partial charge in [-0.1, -0.05) is 37.8 Å². The topological polar surface area (TPSA) is 56.1 Å². The number of methoxy groups -OCH3 is 1. The van der Waals surface area contributed by atoms with Gasteiger partial charge in [0.25, 0.3) is 0 Å². The Morgan fingerprint density at radius 2 is 1.51 bits per heavy atom. The molecule has 35 heavy (non-hydrogen) atoms. The summed E-state index contributed by atoms with van der Waals surface area (Å²) in [6.45, 7) is 0. The Labute approximate surface area is 208 Å². The van der Waals surface area contributed by atoms with E-state index in [1.54, 1.807) is 13.3 Å². The van der Waals surface area contributed by atoms with Gasteiger partial charge in [-0.25, -0.2) is 15.0 Å². The lowest BCUT2D eigenvalue weighted by atomic mass is 9.68. The van der Waals surface area contributed by atoms with Gasteiger partial charge in [0.2, 0.25) is 5.88 Å². The van der Waals surface area contributed by atoms with Crippen molar-refractivity contribution in [1.29, 1.82) is 0 Å². The third-order valence-electron chi connectivity index (χ3n) is 9.56. The molecule has 6 heteroatoms. The molecule has 0 N–H and O–H groups in total. The summed E-state index contributed by atoms with van der Waals surface area (Å²) in [5, 5.41) is 0. The number of aromatic nitrogens is 4. The zero-order chi connectivity index (χ0) is 23.4. The summed E-state index contributed by atoms with van der Waals surface area (Å²) in [5.74, 6) is 3.47. The van der Waals surface area contributed by atoms with Crippen molar-refractivity contribution in [3.8, 4) is 17.4 Å². The number of hydrogen-bond donors (Lipinski definition) is 0. The second-order valence-electron chi connectivity index (χ2n) is 11.6. The number of ether oxygens (including phenoxy) is 1. The standard InChI is InChI=1S/C29H37N5O/c1-35-28-18-30-26(17-31-28)29-32-25-10-2-3-11-27(25)34(29)24-15-21-8-5-9-22(16-24)33(21)23-13-19-6-4-7-20(12-19)14-23/h2-3,10-11,17-24H,4-9,12-16H2,1H3/t19-,20+,21-,22+,23+,24?. The van der Waals surface area contributed by atoms with Crippen molar-refractivity contribution in [3.63, 3.8) is 0 Å². The van der Waals surface area contributed by atoms with E-state index in [0.717, 1.165) is 34.9 Å². The predicted octanol–water partition coefficient (Wildman–Crippen LogP) is 6.03. The Balaban J connectivity index is 1.23. The number of benzene rings is 1. The van der Waals surface area contributed by atoms with Crippen LogP contribution in [-0.2, 0) is 0 Å². The van der Waals surface area contributed by atoms with Crippen LogP contribution in [0.4, 0.5) is 0 Å². The van der Waals surface area contributed by atoms with Gasteiger partial charge in [0.05, 0.1) is 30.5 Å². The number of imidazole rings is 1. The van der Waals surface area contributed by atoms with Gasteiger partial charge < -0.3 is 9.30 Å². The van der Waals surface area contributed by atoms with Gasteiger partial charge in [-0.3, -0.25) is 4.90 Å². The summed E-state index contributed by atoms with van der Waals surface area (Å²) in [7, 11) is 1.63. The molecule has 4 aliphatic rings. The molecule has 2 aliphatic heterocycles. The minimum atomic E-state index is 0.455. The van der Waals surface area contributed by atoms with Crippen molar-refractivity contribution in [2.24, 2.45) is 11.8 Å². The van der Waals surface area contributed by atoms with Crippen LogP contribution in [-0.4, -0.2) is 49.7 Å². The molecule has 0 spiro atoms. The van der Waals surface area contributed by atoms with Gasteiger partial charge >= 0.3 is 0 Å². The van der Waals surface area contributed by atoms with E-state index >= 15 is 0 Å². The zero-order valence-electron chi connectivity index (χ0n) is 20.9. The van der Waals surface area contributed by atoms with Crippen LogP contribution in [0.15, 0.2) is 36.7 Å². The fourth-order valence-corrected chi connectivity index (χ4v) is 8.27. The number of nitrogens with zero attached hydrogens (tertiary/aromatic N) is 5. The van der Waals surface area contributed by atoms with Crippen molar-refractivity contribution in [1.82, 2.24) is 24.4 Å². The van der Waals surface area contributed by atoms with Crippen molar-refractivity contribution in [2.45, 2.75) is 94.8 Å². The van der Waals surface area contributed by atoms with Crippen LogP contribution in [0, 0.1) is 11.8 Å². The zero-order valence-corrected chi connectivity index (χ0v) is 20.9. The number of para-hydroxylation sites is 2. The molecular weight excluding hydrogens is 434 g/mol. The van der Waals surface area contributed by atoms with E-state index < -0.39 is 0 Å². The Bertz CT molecular complexity index is 1160. The van der Waals surface area contributed by atoms with Crippen LogP contribution in [0.5, 0.6) is 5.88 Å². The molecule has 0 radical (unpaired) electrons. The first-order chi connectivity index (χ1) is 17.3. The lowest BCUT2D eigenvalue weighted by Crippen LogP contribution is -2.58. The molecule has 4 fully saturated rings. The Kier molecular flexibility index (Phi) is 5.53. The molecule has 7 rings (SSSR count). The largest absolute Gasteiger partial charge is 0.480 e. The van der Waals surface area contributed by atoms with Crippen LogP contribution in [0.3, 0.4) is 0 Å². The van der Waals surface area contributed by atoms with Crippen molar-refractivity contribution >= 4 is 11.0 Å². The average Bonchev–Trinajstić information content (AvgIpc) is 3.27. The van der Waals surface area contributed by atoms with E-state index in [9.17, 15) is 0 Å². The first kappa shape index (κ1) is 21.8. The summed E-state index contributed by atoms with van der Waals surface area (Å²) in [6.07, 6.45) is 18.9. The van der Waals surface area contributed by atoms with E-state index in [-0.39, 0.29) is 0 Å². The maximum atomic E-state index is 5.25. The molecular formula is C29H37N5O. The van der Waals surface area contributed by atoms with Crippen LogP contribution >= 0.6 is 0 Å². The van der Waals surface area contributed by atoms with E-state index in [4.69, 9.17) is 9.72 Å². The lowest BCUT2D eigenvalue weighted by Gasteiger charge is -2.55. The molecule has 2 aromatic heterocycles. The molecule has 0 amide bonds. The molecule has 2 saturated carbocycles. The molecule has 1 unspecified atom stereocenters. The van der Waals surface area contributed by atoms with Gasteiger partial charge in [-0.2, -0.15) is 0 Å². The highest BCUT2D eigenvalue weighted by Crippen LogP contribution is 2.48. The SMILES string of the molecule is COc1cnc(-c2nc3ccccc3n2C2C[C@H]3CCC[C@@H](C2)N3[C@H]2C[C@@H]3CCC[C@@H](C3)C2)cn1. The Morgan fingerprint density at radius 3 is 2.23 bits per heavy atom. The quantitative estimate of drug-likeness (QED) is 0.465. The molecule has 184 valence electrons. The molecule has 1 aromatic carbocycles. The van der Waals surface area contributed by atoms with E-state index in [1.807, 2.05) is 6.20 Å². The van der Waals surface area contributed by atoms with Gasteiger partial charge in [-0.15, -0.1) is 0 Å². The third-order valence-corrected chi connectivity index (χ3v) is 9.56. The predicted molar refractivity (Wildman–Crippen MR) is 137 cm³/mol. The molecule has 4 bridgehead atoms. The summed E-state index contributed by atoms with van der Waals surface area (Å²) < 4.78 is 7.76. The molecule has 2 saturated heterocycles. The monoisotopic (exact) mass is 471 g/mol. The van der Waals surface area contributed by atoms with Gasteiger partial charge in [0, 0.05) is 24.2 Å². The number of rotatable bonds is 4. The smallest absolute Gasteiger partial charge is 0.232 e. The highest BCUT2D eigenvalue weighted by molar-refractivity contribution is 5.80. The minimum absolute atomic E-state index is 0.455. The first-order valence-corrected chi connectivity index (χ1v) is 13.9. The van der Waals surface area contributed by atoms with E-state index in [2.05, 4.69) is 43.7 Å². The Hall–Kier alpha value is -2.47. The first-order valence-electron chi connectivity index (χ1n) is 13.9. The number of piperidine rings is 2. The van der Waals surface area contributed by atoms with Gasteiger partial charge in [0.1, 0.15) is 5.69 Å². The molecule has 6 atom stereocenters. The molecule has 6 nitrogen and oxygen atoms in total. The van der Waals surface area contributed by atoms with Gasteiger partial charge in [0.15, 0.2) is 5.82 Å². The fourth-order valence-electron chi connectivity index (χ4n) is 8.27. The van der Waals surface area contributed by atoms with E-state index in [0.29, 0.717) is 24.0 Å². The average molecular weight is 472 g/mol. The normalized spacial score (nSPS) is 33.1. The van der Waals surface area contributed by atoms with Crippen LogP contribution < -0.4 is 4.74 Å². The van der Waals surface area contributed by atoms with Gasteiger partial charge in [-0.05, 0) is 68.9 Å². The number of fused-ring (bicyclic) bond motifs is 5. The summed E-state index contributed by atoms with van der Waals surface area (Å²) >= 11 is 0. The Morgan fingerprint density at radius 1 is 0.771 bits per heavy atom. The minimum Gasteiger partial charge on any atom is -0.480 e. The second kappa shape index (κ2) is 8.88. The summed E-state index contributed by atoms with van der Waals surface area (Å²) in [5.41, 5.74) is 3.10. The highest BCUT2D eigenvalue weighted by Gasteiger charge is 2.45. The van der Waals surface area contributed by atoms with E-state index in [1.165, 1.54) is 76.1 Å². The van der Waals surface area contributed by atoms with Crippen molar-refractivity contribution < 1.29 is 4.74 Å². The molecule has 4 heterocycles. The summed E-state index contributed by atoms with van der Waals surface area (Å²) in [6, 6.07) is 11.3. The maximum absolute atomic E-state index is 5.25. The van der Waals surface area contributed by atoms with Crippen molar-refractivity contribution in [2.75, 3.05) is 7.11 Å². The van der Waals surface area contributed by atoms with Crippen molar-refractivity contribution in [3.05, 3.63) is 36.7 Å². The number of hydrogen-bond acceptors (Lipinski definition) is 5. The summed E-state index contributed by atoms with van der Waals surface area (Å²) in [4.78, 5) is 17.2. The van der Waals surface area contributed by atoms with Crippen LogP contribution in [0.2, 0.25) is 0 Å². The highest BCUT2D eigenvalue weighted by atomic mass is 16.5. The molecule has 2 aliphatic carbocycles. The van der Waals surface area contributed by atoms with Crippen LogP contribution in [0.25, 0.3) is 22.6 Å². The fraction of sp³-hybridized carbons (Fsp3) is 0.621.